The summed E-state index contributed by atoms with van der Waals surface area (Å²) in [6, 6.07) is 9.41. The molecule has 4 rings (SSSR count). The van der Waals surface area contributed by atoms with E-state index in [4.69, 9.17) is 17.1 Å². The van der Waals surface area contributed by atoms with Gasteiger partial charge in [-0.05, 0) is 60.6 Å². The molecular weight excluding hydrogens is 322 g/mol. The maximum atomic E-state index is 11.1. The van der Waals surface area contributed by atoms with Crippen molar-refractivity contribution in [2.45, 2.75) is 25.7 Å². The Hall–Kier alpha value is -2.20. The number of aryl methyl sites for hydroxylation is 2. The van der Waals surface area contributed by atoms with Crippen LogP contribution in [-0.4, -0.2) is 23.0 Å². The Labute approximate surface area is 151 Å². The second-order valence-corrected chi connectivity index (χ2v) is 6.29. The van der Waals surface area contributed by atoms with Gasteiger partial charge in [-0.2, -0.15) is 0 Å². The fourth-order valence-corrected chi connectivity index (χ4v) is 3.52. The summed E-state index contributed by atoms with van der Waals surface area (Å²) in [5, 5.41) is 3.64. The van der Waals surface area contributed by atoms with E-state index in [0.29, 0.717) is 15.6 Å². The van der Waals surface area contributed by atoms with Crippen LogP contribution < -0.4 is 0 Å². The number of aromatic nitrogens is 1. The summed E-state index contributed by atoms with van der Waals surface area (Å²) in [7, 11) is 0. The second-order valence-electron chi connectivity index (χ2n) is 5.85. The van der Waals surface area contributed by atoms with Crippen LogP contribution in [0.5, 0.6) is 0 Å². The molecule has 0 N–H and O–H groups in total. The fourth-order valence-electron chi connectivity index (χ4n) is 3.33. The topological polar surface area (TPSA) is 45.6 Å². The third-order valence-corrected chi connectivity index (χ3v) is 4.68. The van der Waals surface area contributed by atoms with E-state index in [1.54, 1.807) is 12.3 Å². The van der Waals surface area contributed by atoms with Gasteiger partial charge in [0.05, 0.1) is 16.5 Å². The zero-order valence-electron chi connectivity index (χ0n) is 16.9. The highest BCUT2D eigenvalue weighted by Gasteiger charge is 2.24. The van der Waals surface area contributed by atoms with Crippen molar-refractivity contribution in [2.75, 3.05) is 13.0 Å². The largest absolute Gasteiger partial charge is 0.260 e. The lowest BCUT2D eigenvalue weighted by Gasteiger charge is -2.26. The Morgan fingerprint density at radius 3 is 2.71 bits per heavy atom. The van der Waals surface area contributed by atoms with E-state index in [-0.39, 0.29) is 12.8 Å². The van der Waals surface area contributed by atoms with Gasteiger partial charge in [-0.25, -0.2) is 0 Å². The number of nitrogens with zero attached hydrogens (tertiary/aromatic N) is 3. The molecule has 122 valence electrons. The molecule has 5 heteroatoms. The van der Waals surface area contributed by atoms with Crippen molar-refractivity contribution >= 4 is 17.2 Å². The highest BCUT2D eigenvalue weighted by atomic mass is 35.5. The molecule has 2 aromatic rings. The van der Waals surface area contributed by atoms with Gasteiger partial charge in [-0.3, -0.25) is 9.99 Å². The van der Waals surface area contributed by atoms with E-state index in [9.17, 15) is 4.91 Å². The summed E-state index contributed by atoms with van der Waals surface area (Å²) in [6.07, 6.45) is 2.94. The molecule has 0 unspecified atom stereocenters. The number of hydrogen-bond acceptors (Lipinski definition) is 3. The highest BCUT2D eigenvalue weighted by Crippen LogP contribution is 2.38. The fraction of sp³-hybridized carbons (Fsp3) is 0.316. The molecule has 1 aliphatic heterocycles. The molecule has 0 radical (unpaired) electrons. The zero-order valence-corrected chi connectivity index (χ0v) is 13.7. The van der Waals surface area contributed by atoms with Gasteiger partial charge in [0.15, 0.2) is 0 Å². The molecule has 1 fully saturated rings. The summed E-state index contributed by atoms with van der Waals surface area (Å²) < 4.78 is 32.9. The quantitative estimate of drug-likeness (QED) is 0.720. The Kier molecular flexibility index (Phi) is 3.01. The van der Waals surface area contributed by atoms with Gasteiger partial charge < -0.3 is 0 Å². The minimum atomic E-state index is -2.24. The van der Waals surface area contributed by atoms with Crippen LogP contribution in [0, 0.1) is 4.91 Å². The molecule has 0 bridgehead atoms. The number of hydrogen-bond donors (Lipinski definition) is 0. The maximum absolute atomic E-state index is 11.1. The number of pyridine rings is 1. The van der Waals surface area contributed by atoms with E-state index in [0.717, 1.165) is 40.8 Å². The van der Waals surface area contributed by atoms with Crippen LogP contribution in [-0.2, 0) is 12.8 Å². The van der Waals surface area contributed by atoms with Gasteiger partial charge in [0.1, 0.15) is 0 Å². The van der Waals surface area contributed by atoms with Gasteiger partial charge in [0.25, 0.3) is 0 Å². The SMILES string of the molecule is [2H]C1([2H])CC(=C2c3ccc(Cl)cc3CCc3cccnc32)CC([2H])([2H])N1N=O. The third-order valence-electron chi connectivity index (χ3n) is 4.45. The molecule has 0 saturated carbocycles. The molecule has 2 aliphatic rings. The number of halogens is 1. The second kappa shape index (κ2) is 6.36. The van der Waals surface area contributed by atoms with Gasteiger partial charge >= 0.3 is 0 Å². The Balaban J connectivity index is 1.99. The lowest BCUT2D eigenvalue weighted by molar-refractivity contribution is 0.266. The first kappa shape index (κ1) is 11.4. The molecule has 0 atom stereocenters. The van der Waals surface area contributed by atoms with Gasteiger partial charge in [-0.1, -0.05) is 29.3 Å². The summed E-state index contributed by atoms with van der Waals surface area (Å²) >= 11 is 6.20. The van der Waals surface area contributed by atoms with Crippen LogP contribution in [0.1, 0.15) is 40.7 Å². The van der Waals surface area contributed by atoms with E-state index < -0.39 is 13.0 Å². The zero-order chi connectivity index (χ0) is 20.1. The molecule has 1 saturated heterocycles. The molecule has 24 heavy (non-hydrogen) atoms. The standard InChI is InChI=1S/C19H18ClN3O/c20-16-5-6-17-15(12-16)4-3-14-2-1-9-21-19(14)18(17)13-7-10-23(22-24)11-8-13/h1-2,5-6,9,12H,3-4,7-8,10-11H2/i10D2,11D2. The van der Waals surface area contributed by atoms with Crippen LogP contribution in [0.15, 0.2) is 47.4 Å². The number of benzene rings is 1. The Morgan fingerprint density at radius 1 is 1.12 bits per heavy atom. The number of nitroso groups, excluding NO2 is 1. The predicted molar refractivity (Wildman–Crippen MR) is 95.7 cm³/mol. The summed E-state index contributed by atoms with van der Waals surface area (Å²) in [6.45, 7) is -4.47. The van der Waals surface area contributed by atoms with Crippen molar-refractivity contribution in [3.05, 3.63) is 74.4 Å². The molecule has 1 aromatic heterocycles. The molecule has 0 spiro atoms. The Morgan fingerprint density at radius 2 is 1.92 bits per heavy atom. The Bertz CT molecular complexity index is 973. The molecule has 1 aliphatic carbocycles. The number of rotatable bonds is 1. The van der Waals surface area contributed by atoms with Crippen LogP contribution in [0.3, 0.4) is 0 Å². The van der Waals surface area contributed by atoms with Crippen LogP contribution in [0.4, 0.5) is 0 Å². The van der Waals surface area contributed by atoms with Crippen LogP contribution in [0.2, 0.25) is 5.02 Å². The van der Waals surface area contributed by atoms with E-state index in [1.807, 2.05) is 24.3 Å². The van der Waals surface area contributed by atoms with Crippen LogP contribution >= 0.6 is 11.6 Å². The molecule has 0 amide bonds. The predicted octanol–water partition coefficient (Wildman–Crippen LogP) is 4.41. The number of piperidine rings is 1. The summed E-state index contributed by atoms with van der Waals surface area (Å²) in [5.41, 5.74) is 4.98. The van der Waals surface area contributed by atoms with Crippen molar-refractivity contribution in [1.29, 1.82) is 0 Å². The summed E-state index contributed by atoms with van der Waals surface area (Å²) in [4.78, 5) is 15.7. The minimum absolute atomic E-state index is 0.133. The van der Waals surface area contributed by atoms with Crippen molar-refractivity contribution < 1.29 is 5.48 Å². The van der Waals surface area contributed by atoms with Crippen LogP contribution in [0.25, 0.3) is 5.57 Å². The lowest BCUT2D eigenvalue weighted by atomic mass is 9.89. The van der Waals surface area contributed by atoms with Gasteiger partial charge in [0, 0.05) is 29.8 Å². The van der Waals surface area contributed by atoms with Crippen molar-refractivity contribution in [3.8, 4) is 0 Å². The van der Waals surface area contributed by atoms with Gasteiger partial charge in [0.2, 0.25) is 0 Å². The average Bonchev–Trinajstić information content (AvgIpc) is 2.76. The summed E-state index contributed by atoms with van der Waals surface area (Å²) in [5.74, 6) is 0. The lowest BCUT2D eigenvalue weighted by Crippen LogP contribution is -2.26. The molecule has 4 nitrogen and oxygen atoms in total. The number of fused-ring (bicyclic) bond motifs is 2. The first-order chi connectivity index (χ1) is 13.2. The molecule has 2 heterocycles. The van der Waals surface area contributed by atoms with E-state index >= 15 is 0 Å². The van der Waals surface area contributed by atoms with Crippen molar-refractivity contribution in [3.63, 3.8) is 0 Å². The van der Waals surface area contributed by atoms with E-state index in [1.165, 1.54) is 0 Å². The van der Waals surface area contributed by atoms with Crippen molar-refractivity contribution in [2.24, 2.45) is 5.29 Å². The smallest absolute Gasteiger partial charge is 0.0739 e. The van der Waals surface area contributed by atoms with Gasteiger partial charge in [-0.15, -0.1) is 4.91 Å². The monoisotopic (exact) mass is 343 g/mol. The highest BCUT2D eigenvalue weighted by molar-refractivity contribution is 6.30. The molecule has 1 aromatic carbocycles. The molecular formula is C19H18ClN3O. The first-order valence-corrected chi connectivity index (χ1v) is 8.19. The minimum Gasteiger partial charge on any atom is -0.260 e. The average molecular weight is 344 g/mol. The maximum Gasteiger partial charge on any atom is 0.0739 e. The normalized spacial score (nSPS) is 23.8. The van der Waals surface area contributed by atoms with Crippen molar-refractivity contribution in [1.82, 2.24) is 9.99 Å². The van der Waals surface area contributed by atoms with E-state index in [2.05, 4.69) is 10.3 Å². The first-order valence-electron chi connectivity index (χ1n) is 9.82. The third kappa shape index (κ3) is 2.71.